The van der Waals surface area contributed by atoms with Crippen LogP contribution in [0.25, 0.3) is 10.9 Å². The van der Waals surface area contributed by atoms with Crippen LogP contribution in [0, 0.1) is 11.3 Å². The van der Waals surface area contributed by atoms with Gasteiger partial charge >= 0.3 is 5.97 Å². The second-order valence-corrected chi connectivity index (χ2v) is 9.57. The van der Waals surface area contributed by atoms with Crippen LogP contribution >= 0.6 is 0 Å². The molecule has 2 aromatic rings. The second kappa shape index (κ2) is 7.43. The Bertz CT molecular complexity index is 956. The van der Waals surface area contributed by atoms with Gasteiger partial charge in [0.05, 0.1) is 11.1 Å². The zero-order valence-corrected chi connectivity index (χ0v) is 17.7. The first kappa shape index (κ1) is 19.9. The smallest absolute Gasteiger partial charge is 0.339 e. The van der Waals surface area contributed by atoms with Gasteiger partial charge in [-0.15, -0.1) is 0 Å². The van der Waals surface area contributed by atoms with Crippen molar-refractivity contribution in [3.05, 3.63) is 41.1 Å². The third-order valence-electron chi connectivity index (χ3n) is 6.26. The molecular weight excluding hydrogens is 364 g/mol. The molecule has 0 spiro atoms. The van der Waals surface area contributed by atoms with Crippen molar-refractivity contribution in [1.29, 1.82) is 0 Å². The largest absolute Gasteiger partial charge is 0.449 e. The molecule has 2 atom stereocenters. The summed E-state index contributed by atoms with van der Waals surface area (Å²) in [5.41, 5.74) is 3.54. The van der Waals surface area contributed by atoms with Gasteiger partial charge in [-0.25, -0.2) is 4.79 Å². The number of para-hydroxylation sites is 1. The Morgan fingerprint density at radius 1 is 1.17 bits per heavy atom. The second-order valence-electron chi connectivity index (χ2n) is 9.57. The lowest BCUT2D eigenvalue weighted by Gasteiger charge is -2.35. The lowest BCUT2D eigenvalue weighted by atomic mass is 9.70. The number of amides is 1. The van der Waals surface area contributed by atoms with Gasteiger partial charge in [0, 0.05) is 17.1 Å². The van der Waals surface area contributed by atoms with Crippen LogP contribution in [0.15, 0.2) is 24.3 Å². The quantitative estimate of drug-likeness (QED) is 0.789. The standard InChI is InChI=1S/C24H30N2O3/c1-14(22(27)25-16-10-11-16)29-23(28)21-17-7-5-6-8-19(17)26-20-12-9-15(13-18(20)21)24(2,3)4/h5-8,14-16H,9-13H2,1-4H3,(H,25,27)/t14-,15+/m0/s1. The molecule has 154 valence electrons. The van der Waals surface area contributed by atoms with Gasteiger partial charge in [0.1, 0.15) is 0 Å². The molecule has 4 rings (SSSR count). The fourth-order valence-electron chi connectivity index (χ4n) is 4.18. The number of nitrogens with one attached hydrogen (secondary N) is 1. The highest BCUT2D eigenvalue weighted by Crippen LogP contribution is 2.39. The number of esters is 1. The average Bonchev–Trinajstić information content (AvgIpc) is 3.48. The Kier molecular flexibility index (Phi) is 5.09. The van der Waals surface area contributed by atoms with E-state index in [-0.39, 0.29) is 17.4 Å². The third-order valence-corrected chi connectivity index (χ3v) is 6.26. The maximum absolute atomic E-state index is 13.3. The minimum Gasteiger partial charge on any atom is -0.449 e. The lowest BCUT2D eigenvalue weighted by Crippen LogP contribution is -2.37. The summed E-state index contributed by atoms with van der Waals surface area (Å²) in [7, 11) is 0. The number of pyridine rings is 1. The highest BCUT2D eigenvalue weighted by atomic mass is 16.5. The number of rotatable bonds is 4. The summed E-state index contributed by atoms with van der Waals surface area (Å²) >= 11 is 0. The van der Waals surface area contributed by atoms with Crippen molar-refractivity contribution in [1.82, 2.24) is 10.3 Å². The van der Waals surface area contributed by atoms with Gasteiger partial charge in [0.25, 0.3) is 5.91 Å². The van der Waals surface area contributed by atoms with Gasteiger partial charge < -0.3 is 10.1 Å². The van der Waals surface area contributed by atoms with E-state index < -0.39 is 12.1 Å². The maximum Gasteiger partial charge on any atom is 0.339 e. The topological polar surface area (TPSA) is 68.3 Å². The Labute approximate surface area is 172 Å². The molecule has 5 heteroatoms. The Balaban J connectivity index is 1.69. The number of benzene rings is 1. The predicted molar refractivity (Wildman–Crippen MR) is 113 cm³/mol. The summed E-state index contributed by atoms with van der Waals surface area (Å²) in [6, 6.07) is 7.95. The Hall–Kier alpha value is -2.43. The number of aryl methyl sites for hydroxylation is 1. The number of ether oxygens (including phenoxy) is 1. The molecule has 0 saturated heterocycles. The van der Waals surface area contributed by atoms with Gasteiger partial charge in [-0.3, -0.25) is 9.78 Å². The molecule has 0 unspecified atom stereocenters. The first-order valence-electron chi connectivity index (χ1n) is 10.7. The third kappa shape index (κ3) is 4.14. The fourth-order valence-corrected chi connectivity index (χ4v) is 4.18. The molecule has 1 aromatic carbocycles. The predicted octanol–water partition coefficient (Wildman–Crippen LogP) is 4.21. The van der Waals surface area contributed by atoms with Gasteiger partial charge in [-0.1, -0.05) is 39.0 Å². The molecule has 1 aromatic heterocycles. The van der Waals surface area contributed by atoms with E-state index in [2.05, 4.69) is 26.1 Å². The highest BCUT2D eigenvalue weighted by molar-refractivity contribution is 6.05. The number of carbonyl (C=O) groups is 2. The zero-order valence-electron chi connectivity index (χ0n) is 17.7. The lowest BCUT2D eigenvalue weighted by molar-refractivity contribution is -0.129. The zero-order chi connectivity index (χ0) is 20.8. The van der Waals surface area contributed by atoms with Crippen molar-refractivity contribution in [2.75, 3.05) is 0 Å². The molecule has 1 amide bonds. The highest BCUT2D eigenvalue weighted by Gasteiger charge is 2.34. The first-order chi connectivity index (χ1) is 13.7. The van der Waals surface area contributed by atoms with Crippen molar-refractivity contribution in [2.45, 2.75) is 71.9 Å². The maximum atomic E-state index is 13.3. The molecule has 0 aliphatic heterocycles. The minimum atomic E-state index is -0.812. The summed E-state index contributed by atoms with van der Waals surface area (Å²) in [5, 5.41) is 3.71. The van der Waals surface area contributed by atoms with Crippen LogP contribution in [0.2, 0.25) is 0 Å². The van der Waals surface area contributed by atoms with Gasteiger partial charge in [0.15, 0.2) is 6.10 Å². The first-order valence-corrected chi connectivity index (χ1v) is 10.7. The SMILES string of the molecule is C[C@H](OC(=O)c1c2c(nc3ccccc13)CC[C@@H](C(C)(C)C)C2)C(=O)NC1CC1. The van der Waals surface area contributed by atoms with Gasteiger partial charge in [-0.2, -0.15) is 0 Å². The molecular formula is C24H30N2O3. The molecule has 1 fully saturated rings. The molecule has 2 aliphatic rings. The summed E-state index contributed by atoms with van der Waals surface area (Å²) in [4.78, 5) is 30.4. The molecule has 5 nitrogen and oxygen atoms in total. The van der Waals surface area contributed by atoms with Crippen LogP contribution < -0.4 is 5.32 Å². The molecule has 1 heterocycles. The molecule has 1 N–H and O–H groups in total. The van der Waals surface area contributed by atoms with Crippen molar-refractivity contribution in [3.63, 3.8) is 0 Å². The van der Waals surface area contributed by atoms with Gasteiger partial charge in [0.2, 0.25) is 0 Å². The normalized spacial score (nSPS) is 20.1. The van der Waals surface area contributed by atoms with Crippen LogP contribution in [0.4, 0.5) is 0 Å². The summed E-state index contributed by atoms with van der Waals surface area (Å²) < 4.78 is 5.64. The molecule has 0 bridgehead atoms. The van der Waals surface area contributed by atoms with Crippen LogP contribution in [0.5, 0.6) is 0 Å². The summed E-state index contributed by atoms with van der Waals surface area (Å²) in [6.45, 7) is 8.39. The number of hydrogen-bond acceptors (Lipinski definition) is 4. The van der Waals surface area contributed by atoms with E-state index in [0.29, 0.717) is 11.5 Å². The number of nitrogens with zero attached hydrogens (tertiary/aromatic N) is 1. The van der Waals surface area contributed by atoms with Crippen LogP contribution in [-0.4, -0.2) is 29.0 Å². The van der Waals surface area contributed by atoms with E-state index in [4.69, 9.17) is 9.72 Å². The van der Waals surface area contributed by atoms with E-state index in [0.717, 1.165) is 54.3 Å². The molecule has 2 aliphatic carbocycles. The van der Waals surface area contributed by atoms with Crippen molar-refractivity contribution in [3.8, 4) is 0 Å². The Morgan fingerprint density at radius 3 is 2.59 bits per heavy atom. The number of aromatic nitrogens is 1. The summed E-state index contributed by atoms with van der Waals surface area (Å²) in [6.07, 6.45) is 3.93. The average molecular weight is 395 g/mol. The number of hydrogen-bond donors (Lipinski definition) is 1. The molecule has 1 saturated carbocycles. The Morgan fingerprint density at radius 2 is 1.90 bits per heavy atom. The number of carbonyl (C=O) groups excluding carboxylic acids is 2. The van der Waals surface area contributed by atoms with Crippen molar-refractivity contribution < 1.29 is 14.3 Å². The van der Waals surface area contributed by atoms with Crippen LogP contribution in [0.1, 0.15) is 68.6 Å². The fraction of sp³-hybridized carbons (Fsp3) is 0.542. The molecule has 0 radical (unpaired) electrons. The van der Waals surface area contributed by atoms with E-state index >= 15 is 0 Å². The van der Waals surface area contributed by atoms with Crippen LogP contribution in [0.3, 0.4) is 0 Å². The van der Waals surface area contributed by atoms with Crippen LogP contribution in [-0.2, 0) is 22.4 Å². The monoisotopic (exact) mass is 394 g/mol. The van der Waals surface area contributed by atoms with Gasteiger partial charge in [-0.05, 0) is 62.0 Å². The van der Waals surface area contributed by atoms with E-state index in [1.807, 2.05) is 24.3 Å². The van der Waals surface area contributed by atoms with E-state index in [9.17, 15) is 9.59 Å². The van der Waals surface area contributed by atoms with E-state index in [1.54, 1.807) is 6.92 Å². The minimum absolute atomic E-state index is 0.155. The summed E-state index contributed by atoms with van der Waals surface area (Å²) in [5.74, 6) is -0.173. The van der Waals surface area contributed by atoms with Crippen molar-refractivity contribution >= 4 is 22.8 Å². The van der Waals surface area contributed by atoms with E-state index in [1.165, 1.54) is 0 Å². The molecule has 29 heavy (non-hydrogen) atoms. The number of fused-ring (bicyclic) bond motifs is 2. The van der Waals surface area contributed by atoms with Crippen molar-refractivity contribution in [2.24, 2.45) is 11.3 Å².